The van der Waals surface area contributed by atoms with Gasteiger partial charge in [0.1, 0.15) is 0 Å². The Morgan fingerprint density at radius 2 is 2.08 bits per heavy atom. The van der Waals surface area contributed by atoms with Gasteiger partial charge < -0.3 is 4.74 Å². The van der Waals surface area contributed by atoms with E-state index < -0.39 is 0 Å². The summed E-state index contributed by atoms with van der Waals surface area (Å²) in [6.07, 6.45) is 10.9. The number of allylic oxidation sites excluding steroid dienone is 1. The molecule has 0 N–H and O–H groups in total. The molecule has 0 saturated carbocycles. The van der Waals surface area contributed by atoms with Gasteiger partial charge in [-0.15, -0.1) is 0 Å². The van der Waals surface area contributed by atoms with E-state index in [-0.39, 0.29) is 0 Å². The van der Waals surface area contributed by atoms with Gasteiger partial charge in [0.25, 0.3) is 0 Å². The lowest BCUT2D eigenvalue weighted by Crippen LogP contribution is -1.86. The van der Waals surface area contributed by atoms with Gasteiger partial charge in [-0.1, -0.05) is 33.1 Å². The average Bonchev–Trinajstić information content (AvgIpc) is 2.10. The maximum Gasteiger partial charge on any atom is 0.0873 e. The topological polar surface area (TPSA) is 9.23 Å². The zero-order valence-corrected chi connectivity index (χ0v) is 8.22. The molecule has 12 heavy (non-hydrogen) atoms. The highest BCUT2D eigenvalue weighted by Gasteiger charge is 1.83. The van der Waals surface area contributed by atoms with Gasteiger partial charge in [0.2, 0.25) is 0 Å². The van der Waals surface area contributed by atoms with Crippen molar-refractivity contribution in [2.24, 2.45) is 0 Å². The standard InChI is InChI=1S/C11H21O/c1-3-5-7-9-11-12-10-8-6-4-2/h9,11H,1,3-8,10H2,2H3. The number of unbranched alkanes of at least 4 members (excludes halogenated alkanes) is 4. The first kappa shape index (κ1) is 11.5. The molecule has 0 aliphatic rings. The van der Waals surface area contributed by atoms with E-state index in [9.17, 15) is 0 Å². The Hall–Kier alpha value is -0.460. The molecule has 0 aromatic rings. The Bertz CT molecular complexity index is 97.2. The molecule has 1 radical (unpaired) electrons. The molecule has 0 fully saturated rings. The minimum absolute atomic E-state index is 0.870. The Labute approximate surface area is 76.8 Å². The Kier molecular flexibility index (Phi) is 10.1. The molecule has 71 valence electrons. The van der Waals surface area contributed by atoms with Crippen molar-refractivity contribution < 1.29 is 4.74 Å². The van der Waals surface area contributed by atoms with Crippen LogP contribution in [0.3, 0.4) is 0 Å². The maximum atomic E-state index is 5.28. The van der Waals surface area contributed by atoms with Gasteiger partial charge in [0, 0.05) is 0 Å². The zero-order valence-electron chi connectivity index (χ0n) is 8.22. The summed E-state index contributed by atoms with van der Waals surface area (Å²) in [5.74, 6) is 0. The minimum atomic E-state index is 0.870. The second-order valence-electron chi connectivity index (χ2n) is 2.95. The van der Waals surface area contributed by atoms with Crippen LogP contribution in [0.2, 0.25) is 0 Å². The van der Waals surface area contributed by atoms with Crippen molar-refractivity contribution >= 4 is 0 Å². The molecule has 0 bridgehead atoms. The van der Waals surface area contributed by atoms with Crippen LogP contribution in [0.5, 0.6) is 0 Å². The largest absolute Gasteiger partial charge is 0.502 e. The highest BCUT2D eigenvalue weighted by molar-refractivity contribution is 4.73. The Morgan fingerprint density at radius 1 is 1.25 bits per heavy atom. The molecule has 0 spiro atoms. The monoisotopic (exact) mass is 169 g/mol. The zero-order chi connectivity index (χ0) is 9.07. The summed E-state index contributed by atoms with van der Waals surface area (Å²) in [7, 11) is 0. The number of rotatable bonds is 8. The van der Waals surface area contributed by atoms with Gasteiger partial charge in [0.05, 0.1) is 12.9 Å². The van der Waals surface area contributed by atoms with E-state index in [2.05, 4.69) is 19.9 Å². The van der Waals surface area contributed by atoms with Crippen LogP contribution in [-0.4, -0.2) is 6.61 Å². The molecule has 0 aliphatic carbocycles. The summed E-state index contributed by atoms with van der Waals surface area (Å²) in [6, 6.07) is 0. The smallest absolute Gasteiger partial charge is 0.0873 e. The summed E-state index contributed by atoms with van der Waals surface area (Å²) < 4.78 is 5.28. The highest BCUT2D eigenvalue weighted by atomic mass is 16.5. The van der Waals surface area contributed by atoms with Gasteiger partial charge in [-0.3, -0.25) is 0 Å². The van der Waals surface area contributed by atoms with Crippen molar-refractivity contribution in [1.82, 2.24) is 0 Å². The van der Waals surface area contributed by atoms with Crippen LogP contribution in [0.15, 0.2) is 12.3 Å². The third kappa shape index (κ3) is 9.54. The van der Waals surface area contributed by atoms with E-state index in [4.69, 9.17) is 4.74 Å². The maximum absolute atomic E-state index is 5.28. The molecule has 0 aliphatic heterocycles. The number of hydrogen-bond donors (Lipinski definition) is 0. The molecule has 0 unspecified atom stereocenters. The van der Waals surface area contributed by atoms with Crippen molar-refractivity contribution in [1.29, 1.82) is 0 Å². The summed E-state index contributed by atoms with van der Waals surface area (Å²) >= 11 is 0. The van der Waals surface area contributed by atoms with Crippen molar-refractivity contribution in [3.05, 3.63) is 19.3 Å². The molecule has 0 atom stereocenters. The molecule has 0 saturated heterocycles. The van der Waals surface area contributed by atoms with E-state index >= 15 is 0 Å². The molecule has 0 rings (SSSR count). The molecular formula is C11H21O. The van der Waals surface area contributed by atoms with Crippen LogP contribution in [0, 0.1) is 6.92 Å². The fraction of sp³-hybridized carbons (Fsp3) is 0.727. The quantitative estimate of drug-likeness (QED) is 0.397. The fourth-order valence-corrected chi connectivity index (χ4v) is 0.902. The normalized spacial score (nSPS) is 10.8. The summed E-state index contributed by atoms with van der Waals surface area (Å²) in [5.41, 5.74) is 0. The van der Waals surface area contributed by atoms with Gasteiger partial charge in [-0.25, -0.2) is 0 Å². The first-order chi connectivity index (χ1) is 5.91. The minimum Gasteiger partial charge on any atom is -0.502 e. The lowest BCUT2D eigenvalue weighted by Gasteiger charge is -1.98. The highest BCUT2D eigenvalue weighted by Crippen LogP contribution is 1.97. The van der Waals surface area contributed by atoms with Crippen LogP contribution in [0.25, 0.3) is 0 Å². The van der Waals surface area contributed by atoms with Crippen molar-refractivity contribution in [3.8, 4) is 0 Å². The molecule has 0 heterocycles. The molecule has 0 amide bonds. The van der Waals surface area contributed by atoms with Crippen molar-refractivity contribution in [2.75, 3.05) is 6.61 Å². The second-order valence-corrected chi connectivity index (χ2v) is 2.95. The van der Waals surface area contributed by atoms with E-state index in [0.29, 0.717) is 0 Å². The van der Waals surface area contributed by atoms with E-state index in [1.54, 1.807) is 0 Å². The molecule has 0 aromatic carbocycles. The SMILES string of the molecule is [CH2]CCCC=COCCCCC. The van der Waals surface area contributed by atoms with E-state index in [0.717, 1.165) is 25.9 Å². The molecular weight excluding hydrogens is 148 g/mol. The third-order valence-electron chi connectivity index (χ3n) is 1.68. The van der Waals surface area contributed by atoms with Gasteiger partial charge >= 0.3 is 0 Å². The lowest BCUT2D eigenvalue weighted by molar-refractivity contribution is 0.240. The van der Waals surface area contributed by atoms with E-state index in [1.807, 2.05) is 6.26 Å². The molecule has 1 heteroatoms. The van der Waals surface area contributed by atoms with Crippen LogP contribution in [-0.2, 0) is 4.74 Å². The van der Waals surface area contributed by atoms with Crippen molar-refractivity contribution in [3.63, 3.8) is 0 Å². The van der Waals surface area contributed by atoms with Crippen LogP contribution in [0.4, 0.5) is 0 Å². The van der Waals surface area contributed by atoms with Crippen molar-refractivity contribution in [2.45, 2.75) is 45.4 Å². The Balaban J connectivity index is 2.92. The van der Waals surface area contributed by atoms with Crippen LogP contribution in [0.1, 0.15) is 45.4 Å². The second kappa shape index (κ2) is 10.5. The fourth-order valence-electron chi connectivity index (χ4n) is 0.902. The summed E-state index contributed by atoms with van der Waals surface area (Å²) in [5, 5.41) is 0. The van der Waals surface area contributed by atoms with Crippen LogP contribution >= 0.6 is 0 Å². The average molecular weight is 169 g/mol. The predicted octanol–water partition coefficient (Wildman–Crippen LogP) is 3.71. The van der Waals surface area contributed by atoms with Crippen LogP contribution < -0.4 is 0 Å². The summed E-state index contributed by atoms with van der Waals surface area (Å²) in [4.78, 5) is 0. The lowest BCUT2D eigenvalue weighted by atomic mass is 10.2. The Morgan fingerprint density at radius 3 is 2.75 bits per heavy atom. The first-order valence-corrected chi connectivity index (χ1v) is 4.97. The first-order valence-electron chi connectivity index (χ1n) is 4.97. The molecule has 1 nitrogen and oxygen atoms in total. The van der Waals surface area contributed by atoms with Gasteiger partial charge in [-0.05, 0) is 25.3 Å². The molecule has 0 aromatic heterocycles. The third-order valence-corrected chi connectivity index (χ3v) is 1.68. The number of hydrogen-bond acceptors (Lipinski definition) is 1. The number of ether oxygens (including phenoxy) is 1. The predicted molar refractivity (Wildman–Crippen MR) is 53.8 cm³/mol. The summed E-state index contributed by atoms with van der Waals surface area (Å²) in [6.45, 7) is 6.84. The van der Waals surface area contributed by atoms with Gasteiger partial charge in [0.15, 0.2) is 0 Å². The van der Waals surface area contributed by atoms with E-state index in [1.165, 1.54) is 19.3 Å². The van der Waals surface area contributed by atoms with Gasteiger partial charge in [-0.2, -0.15) is 0 Å².